The van der Waals surface area contributed by atoms with Gasteiger partial charge in [-0.1, -0.05) is 18.2 Å². The number of halogens is 1. The lowest BCUT2D eigenvalue weighted by atomic mass is 10.0. The van der Waals surface area contributed by atoms with Gasteiger partial charge >= 0.3 is 0 Å². The number of carbonyl (C=O) groups is 1. The predicted octanol–water partition coefficient (Wildman–Crippen LogP) is 1.96. The number of aromatic nitrogens is 5. The molecule has 1 aromatic carbocycles. The van der Waals surface area contributed by atoms with Gasteiger partial charge in [-0.05, 0) is 46.7 Å². The van der Waals surface area contributed by atoms with E-state index in [0.29, 0.717) is 24.4 Å². The molecule has 2 heterocycles. The van der Waals surface area contributed by atoms with E-state index >= 15 is 0 Å². The number of benzene rings is 1. The van der Waals surface area contributed by atoms with Crippen LogP contribution in [0.1, 0.15) is 23.0 Å². The van der Waals surface area contributed by atoms with Crippen molar-refractivity contribution in [2.24, 2.45) is 0 Å². The Labute approximate surface area is 150 Å². The van der Waals surface area contributed by atoms with E-state index < -0.39 is 6.04 Å². The van der Waals surface area contributed by atoms with E-state index in [1.807, 2.05) is 12.1 Å². The van der Waals surface area contributed by atoms with Gasteiger partial charge in [0.2, 0.25) is 5.91 Å². The van der Waals surface area contributed by atoms with Gasteiger partial charge in [-0.15, -0.1) is 5.10 Å². The van der Waals surface area contributed by atoms with Crippen molar-refractivity contribution >= 4 is 5.91 Å². The number of hydrogen-bond donors (Lipinski definition) is 0. The first-order chi connectivity index (χ1) is 12.5. The minimum atomic E-state index is -0.659. The molecule has 1 unspecified atom stereocenters. The number of aryl methyl sites for hydroxylation is 1. The molecule has 1 amide bonds. The molecule has 0 bridgehead atoms. The summed E-state index contributed by atoms with van der Waals surface area (Å²) in [5, 5.41) is 11.5. The van der Waals surface area contributed by atoms with Crippen LogP contribution in [0.25, 0.3) is 0 Å². The van der Waals surface area contributed by atoms with E-state index in [9.17, 15) is 9.18 Å². The molecule has 0 N–H and O–H groups in total. The Hall–Kier alpha value is -3.16. The highest BCUT2D eigenvalue weighted by Crippen LogP contribution is 2.19. The second-order valence-electron chi connectivity index (χ2n) is 6.08. The van der Waals surface area contributed by atoms with Gasteiger partial charge in [0.15, 0.2) is 0 Å². The van der Waals surface area contributed by atoms with Crippen LogP contribution in [0.3, 0.4) is 0 Å². The van der Waals surface area contributed by atoms with Crippen molar-refractivity contribution in [2.75, 3.05) is 7.05 Å². The number of likely N-dealkylation sites (N-methyl/N-ethyl adjacent to an activating group) is 1. The Morgan fingerprint density at radius 3 is 2.73 bits per heavy atom. The molecule has 3 aromatic rings. The maximum atomic E-state index is 13.5. The summed E-state index contributed by atoms with van der Waals surface area (Å²) in [6, 6.07) is 9.26. The third-order valence-corrected chi connectivity index (χ3v) is 4.07. The second-order valence-corrected chi connectivity index (χ2v) is 6.08. The standard InChI is InChI=1S/C18H19FN6O/c1-13-21-22-23-25(13)17(10-14-5-3-7-16(19)9-14)18(26)24(2)12-15-6-4-8-20-11-15/h3-9,11,17H,10,12H2,1-2H3. The minimum Gasteiger partial charge on any atom is -0.340 e. The van der Waals surface area contributed by atoms with Gasteiger partial charge in [-0.2, -0.15) is 0 Å². The minimum absolute atomic E-state index is 0.159. The molecule has 0 aliphatic rings. The molecule has 0 aliphatic heterocycles. The monoisotopic (exact) mass is 354 g/mol. The van der Waals surface area contributed by atoms with E-state index in [1.165, 1.54) is 16.8 Å². The maximum absolute atomic E-state index is 13.5. The fourth-order valence-electron chi connectivity index (χ4n) is 2.79. The third kappa shape index (κ3) is 4.08. The van der Waals surface area contributed by atoms with Gasteiger partial charge in [-0.25, -0.2) is 9.07 Å². The third-order valence-electron chi connectivity index (χ3n) is 4.07. The van der Waals surface area contributed by atoms with Crippen LogP contribution in [-0.4, -0.2) is 43.0 Å². The first kappa shape index (κ1) is 17.7. The highest BCUT2D eigenvalue weighted by Gasteiger charge is 2.27. The zero-order chi connectivity index (χ0) is 18.5. The normalized spacial score (nSPS) is 12.0. The molecule has 1 atom stereocenters. The quantitative estimate of drug-likeness (QED) is 0.676. The molecule has 26 heavy (non-hydrogen) atoms. The number of nitrogens with zero attached hydrogens (tertiary/aromatic N) is 6. The summed E-state index contributed by atoms with van der Waals surface area (Å²) < 4.78 is 15.0. The van der Waals surface area contributed by atoms with Crippen molar-refractivity contribution in [3.63, 3.8) is 0 Å². The van der Waals surface area contributed by atoms with Gasteiger partial charge in [-0.3, -0.25) is 9.78 Å². The van der Waals surface area contributed by atoms with E-state index in [1.54, 1.807) is 43.4 Å². The predicted molar refractivity (Wildman–Crippen MR) is 92.4 cm³/mol. The SMILES string of the molecule is Cc1nnnn1C(Cc1cccc(F)c1)C(=O)N(C)Cc1cccnc1. The smallest absolute Gasteiger partial charge is 0.247 e. The fraction of sp³-hybridized carbons (Fsp3) is 0.278. The molecule has 0 aliphatic carbocycles. The van der Waals surface area contributed by atoms with Crippen molar-refractivity contribution in [2.45, 2.75) is 25.9 Å². The van der Waals surface area contributed by atoms with Crippen molar-refractivity contribution in [1.82, 2.24) is 30.1 Å². The molecular formula is C18H19FN6O. The van der Waals surface area contributed by atoms with E-state index in [2.05, 4.69) is 20.5 Å². The average molecular weight is 354 g/mol. The molecule has 7 nitrogen and oxygen atoms in total. The van der Waals surface area contributed by atoms with Crippen LogP contribution in [0, 0.1) is 12.7 Å². The highest BCUT2D eigenvalue weighted by molar-refractivity contribution is 5.80. The largest absolute Gasteiger partial charge is 0.340 e. The molecule has 134 valence electrons. The molecule has 3 rings (SSSR count). The lowest BCUT2D eigenvalue weighted by Crippen LogP contribution is -2.36. The van der Waals surface area contributed by atoms with Crippen molar-refractivity contribution < 1.29 is 9.18 Å². The van der Waals surface area contributed by atoms with Crippen LogP contribution in [-0.2, 0) is 17.8 Å². The first-order valence-corrected chi connectivity index (χ1v) is 8.17. The Morgan fingerprint density at radius 2 is 2.08 bits per heavy atom. The Morgan fingerprint density at radius 1 is 1.27 bits per heavy atom. The summed E-state index contributed by atoms with van der Waals surface area (Å²) in [4.78, 5) is 18.7. The Balaban J connectivity index is 1.85. The van der Waals surface area contributed by atoms with Gasteiger partial charge in [0.1, 0.15) is 17.7 Å². The first-order valence-electron chi connectivity index (χ1n) is 8.17. The summed E-state index contributed by atoms with van der Waals surface area (Å²) in [6.45, 7) is 2.14. The summed E-state index contributed by atoms with van der Waals surface area (Å²) >= 11 is 0. The van der Waals surface area contributed by atoms with Crippen LogP contribution in [0.4, 0.5) is 4.39 Å². The van der Waals surface area contributed by atoms with Crippen LogP contribution in [0.2, 0.25) is 0 Å². The lowest BCUT2D eigenvalue weighted by Gasteiger charge is -2.24. The topological polar surface area (TPSA) is 76.8 Å². The van der Waals surface area contributed by atoms with Crippen molar-refractivity contribution in [3.8, 4) is 0 Å². The summed E-state index contributed by atoms with van der Waals surface area (Å²) in [5.41, 5.74) is 1.62. The van der Waals surface area contributed by atoms with E-state index in [0.717, 1.165) is 5.56 Å². The second kappa shape index (κ2) is 7.81. The molecule has 0 fully saturated rings. The molecule has 0 radical (unpaired) electrons. The summed E-state index contributed by atoms with van der Waals surface area (Å²) in [7, 11) is 1.72. The maximum Gasteiger partial charge on any atom is 0.247 e. The summed E-state index contributed by atoms with van der Waals surface area (Å²) in [6.07, 6.45) is 3.69. The molecule has 8 heteroatoms. The van der Waals surface area contributed by atoms with Crippen LogP contribution >= 0.6 is 0 Å². The lowest BCUT2D eigenvalue weighted by molar-refractivity contribution is -0.134. The highest BCUT2D eigenvalue weighted by atomic mass is 19.1. The molecule has 2 aromatic heterocycles. The van der Waals surface area contributed by atoms with E-state index in [4.69, 9.17) is 0 Å². The van der Waals surface area contributed by atoms with Crippen molar-refractivity contribution in [3.05, 3.63) is 71.6 Å². The number of amides is 1. The summed E-state index contributed by atoms with van der Waals surface area (Å²) in [5.74, 6) is 0.0221. The number of carbonyl (C=O) groups excluding carboxylic acids is 1. The van der Waals surface area contributed by atoms with Crippen LogP contribution < -0.4 is 0 Å². The number of hydrogen-bond acceptors (Lipinski definition) is 5. The zero-order valence-electron chi connectivity index (χ0n) is 14.6. The number of tetrazole rings is 1. The van der Waals surface area contributed by atoms with Crippen LogP contribution in [0.15, 0.2) is 48.8 Å². The van der Waals surface area contributed by atoms with Gasteiger partial charge in [0, 0.05) is 32.4 Å². The molecular weight excluding hydrogens is 335 g/mol. The van der Waals surface area contributed by atoms with Crippen LogP contribution in [0.5, 0.6) is 0 Å². The van der Waals surface area contributed by atoms with E-state index in [-0.39, 0.29) is 11.7 Å². The number of rotatable bonds is 6. The molecule has 0 saturated heterocycles. The van der Waals surface area contributed by atoms with Gasteiger partial charge in [0.25, 0.3) is 0 Å². The fourth-order valence-corrected chi connectivity index (χ4v) is 2.79. The molecule has 0 saturated carbocycles. The van der Waals surface area contributed by atoms with Crippen molar-refractivity contribution in [1.29, 1.82) is 0 Å². The Bertz CT molecular complexity index is 882. The van der Waals surface area contributed by atoms with Gasteiger partial charge in [0.05, 0.1) is 0 Å². The molecule has 0 spiro atoms. The van der Waals surface area contributed by atoms with Gasteiger partial charge < -0.3 is 4.90 Å². The zero-order valence-corrected chi connectivity index (χ0v) is 14.6. The number of pyridine rings is 1. The average Bonchev–Trinajstić information content (AvgIpc) is 3.06. The Kier molecular flexibility index (Phi) is 5.31.